The summed E-state index contributed by atoms with van der Waals surface area (Å²) in [4.78, 5) is 12.9. The molecule has 0 saturated carbocycles. The van der Waals surface area contributed by atoms with E-state index in [4.69, 9.17) is 9.47 Å². The maximum Gasteiger partial charge on any atom is 0.220 e. The second-order valence-electron chi connectivity index (χ2n) is 19.0. The van der Waals surface area contributed by atoms with Gasteiger partial charge in [-0.1, -0.05) is 251 Å². The van der Waals surface area contributed by atoms with Crippen LogP contribution in [-0.4, -0.2) is 87.5 Å². The first-order valence-electron chi connectivity index (χ1n) is 26.9. The normalized spacial score (nSPS) is 20.3. The number of allylic oxidation sites excluding steroid dienone is 1. The van der Waals surface area contributed by atoms with Crippen LogP contribution in [0, 0.1) is 0 Å². The van der Waals surface area contributed by atoms with Crippen molar-refractivity contribution in [2.75, 3.05) is 13.2 Å². The lowest BCUT2D eigenvalue weighted by Gasteiger charge is -2.40. The van der Waals surface area contributed by atoms with Gasteiger partial charge in [0.2, 0.25) is 5.91 Å². The molecular weight excluding hydrogens is 779 g/mol. The minimum absolute atomic E-state index is 0.179. The number of unbranched alkanes of at least 4 members (excludes halogenated alkanes) is 36. The molecule has 62 heavy (non-hydrogen) atoms. The zero-order valence-corrected chi connectivity index (χ0v) is 40.6. The summed E-state index contributed by atoms with van der Waals surface area (Å²) in [5, 5.41) is 54.2. The molecule has 1 heterocycles. The average molecular weight is 882 g/mol. The van der Waals surface area contributed by atoms with Crippen LogP contribution in [0.4, 0.5) is 0 Å². The van der Waals surface area contributed by atoms with Gasteiger partial charge in [-0.05, 0) is 19.3 Å². The summed E-state index contributed by atoms with van der Waals surface area (Å²) in [7, 11) is 0. The molecule has 1 saturated heterocycles. The Morgan fingerprint density at radius 3 is 1.26 bits per heavy atom. The Bertz CT molecular complexity index is 981. The largest absolute Gasteiger partial charge is 0.394 e. The van der Waals surface area contributed by atoms with Gasteiger partial charge in [0.25, 0.3) is 0 Å². The SMILES string of the molecule is CCCCCCCCCCCCCCCCCCCCCCCCCCCCCCC/C=C/C(O)C(COC1OC(CO)C(O)C(O)C1O)NC(=O)CCCCCCCCCC. The lowest BCUT2D eigenvalue weighted by molar-refractivity contribution is -0.302. The van der Waals surface area contributed by atoms with Crippen LogP contribution in [0.15, 0.2) is 12.2 Å². The number of rotatable bonds is 46. The van der Waals surface area contributed by atoms with E-state index >= 15 is 0 Å². The molecule has 0 aliphatic carbocycles. The molecule has 1 aliphatic heterocycles. The fourth-order valence-corrected chi connectivity index (χ4v) is 8.81. The van der Waals surface area contributed by atoms with E-state index in [-0.39, 0.29) is 12.5 Å². The topological polar surface area (TPSA) is 149 Å². The van der Waals surface area contributed by atoms with Gasteiger partial charge in [-0.3, -0.25) is 4.79 Å². The molecule has 9 nitrogen and oxygen atoms in total. The van der Waals surface area contributed by atoms with Gasteiger partial charge in [0.1, 0.15) is 24.4 Å². The summed E-state index contributed by atoms with van der Waals surface area (Å²) in [6, 6.07) is -0.797. The van der Waals surface area contributed by atoms with Crippen LogP contribution >= 0.6 is 0 Å². The van der Waals surface area contributed by atoms with Gasteiger partial charge >= 0.3 is 0 Å². The molecule has 6 N–H and O–H groups in total. The summed E-state index contributed by atoms with van der Waals surface area (Å²) < 4.78 is 11.2. The molecule has 1 fully saturated rings. The molecule has 0 aromatic heterocycles. The van der Waals surface area contributed by atoms with E-state index in [1.165, 1.54) is 205 Å². The van der Waals surface area contributed by atoms with Gasteiger partial charge in [-0.25, -0.2) is 0 Å². The van der Waals surface area contributed by atoms with Gasteiger partial charge in [0, 0.05) is 6.42 Å². The van der Waals surface area contributed by atoms with E-state index in [9.17, 15) is 30.3 Å². The first-order chi connectivity index (χ1) is 30.3. The van der Waals surface area contributed by atoms with E-state index < -0.39 is 49.5 Å². The molecule has 1 aliphatic rings. The molecule has 9 heteroatoms. The van der Waals surface area contributed by atoms with Crippen molar-refractivity contribution in [3.8, 4) is 0 Å². The van der Waals surface area contributed by atoms with Gasteiger partial charge in [-0.15, -0.1) is 0 Å². The maximum absolute atomic E-state index is 12.9. The highest BCUT2D eigenvalue weighted by atomic mass is 16.7. The van der Waals surface area contributed by atoms with E-state index in [0.717, 1.165) is 38.5 Å². The zero-order chi connectivity index (χ0) is 45.1. The molecule has 0 aromatic rings. The lowest BCUT2D eigenvalue weighted by Crippen LogP contribution is -2.60. The predicted octanol–water partition coefficient (Wildman–Crippen LogP) is 12.5. The summed E-state index contributed by atoms with van der Waals surface area (Å²) in [6.07, 6.45) is 46.0. The fourth-order valence-electron chi connectivity index (χ4n) is 8.81. The number of hydrogen-bond acceptors (Lipinski definition) is 8. The smallest absolute Gasteiger partial charge is 0.220 e. The minimum Gasteiger partial charge on any atom is -0.394 e. The van der Waals surface area contributed by atoms with Gasteiger partial charge in [0.15, 0.2) is 6.29 Å². The first kappa shape index (κ1) is 58.9. The van der Waals surface area contributed by atoms with Crippen molar-refractivity contribution in [3.63, 3.8) is 0 Å². The Labute approximate surface area is 382 Å². The first-order valence-corrected chi connectivity index (χ1v) is 26.9. The van der Waals surface area contributed by atoms with E-state index in [2.05, 4.69) is 19.2 Å². The van der Waals surface area contributed by atoms with Crippen molar-refractivity contribution >= 4 is 5.91 Å². The van der Waals surface area contributed by atoms with Crippen molar-refractivity contribution in [2.45, 2.75) is 307 Å². The molecule has 7 atom stereocenters. The summed E-state index contributed by atoms with van der Waals surface area (Å²) in [5.74, 6) is -0.179. The predicted molar refractivity (Wildman–Crippen MR) is 258 cm³/mol. The third-order valence-corrected chi connectivity index (χ3v) is 13.1. The second-order valence-corrected chi connectivity index (χ2v) is 19.0. The van der Waals surface area contributed by atoms with Crippen LogP contribution in [0.25, 0.3) is 0 Å². The molecular formula is C53H103NO8. The number of aliphatic hydroxyl groups excluding tert-OH is 5. The highest BCUT2D eigenvalue weighted by Gasteiger charge is 2.44. The van der Waals surface area contributed by atoms with Gasteiger partial charge < -0.3 is 40.3 Å². The quantitative estimate of drug-likeness (QED) is 0.0261. The average Bonchev–Trinajstić information content (AvgIpc) is 3.27. The molecule has 0 bridgehead atoms. The fraction of sp³-hybridized carbons (Fsp3) is 0.943. The van der Waals surface area contributed by atoms with Crippen LogP contribution in [0.3, 0.4) is 0 Å². The summed E-state index contributed by atoms with van der Waals surface area (Å²) in [6.45, 7) is 3.76. The zero-order valence-electron chi connectivity index (χ0n) is 40.6. The lowest BCUT2D eigenvalue weighted by atomic mass is 9.99. The highest BCUT2D eigenvalue weighted by molar-refractivity contribution is 5.76. The Kier molecular flexibility index (Phi) is 41.6. The minimum atomic E-state index is -1.56. The molecule has 0 radical (unpaired) electrons. The standard InChI is InChI=1S/C53H103NO8/c1-3-5-7-9-11-13-14-15-16-17-18-19-20-21-22-23-24-25-26-27-28-29-30-31-32-33-34-35-36-38-40-42-47(56)46(54-49(57)43-41-39-37-12-10-8-6-4-2)45-61-53-52(60)51(59)50(58)48(44-55)62-53/h40,42,46-48,50-53,55-56,58-60H,3-39,41,43-45H2,1-2H3,(H,54,57)/b42-40+. The number of carbonyl (C=O) groups excluding carboxylic acids is 1. The maximum atomic E-state index is 12.9. The van der Waals surface area contributed by atoms with Crippen LogP contribution in [-0.2, 0) is 14.3 Å². The molecule has 1 rings (SSSR count). The van der Waals surface area contributed by atoms with E-state index in [1.807, 2.05) is 6.08 Å². The Hall–Kier alpha value is -1.07. The van der Waals surface area contributed by atoms with Crippen molar-refractivity contribution in [1.82, 2.24) is 5.32 Å². The van der Waals surface area contributed by atoms with Crippen LogP contribution in [0.2, 0.25) is 0 Å². The Morgan fingerprint density at radius 1 is 0.532 bits per heavy atom. The molecule has 368 valence electrons. The van der Waals surface area contributed by atoms with Gasteiger partial charge in [-0.2, -0.15) is 0 Å². The second kappa shape index (κ2) is 43.8. The van der Waals surface area contributed by atoms with Crippen molar-refractivity contribution in [3.05, 3.63) is 12.2 Å². The van der Waals surface area contributed by atoms with E-state index in [1.54, 1.807) is 6.08 Å². The Balaban J connectivity index is 2.10. The number of carbonyl (C=O) groups is 1. The third kappa shape index (κ3) is 33.4. The third-order valence-electron chi connectivity index (χ3n) is 13.1. The van der Waals surface area contributed by atoms with Gasteiger partial charge in [0.05, 0.1) is 25.4 Å². The van der Waals surface area contributed by atoms with Crippen molar-refractivity contribution in [1.29, 1.82) is 0 Å². The van der Waals surface area contributed by atoms with Crippen LogP contribution in [0.5, 0.6) is 0 Å². The number of aliphatic hydroxyl groups is 5. The number of nitrogens with one attached hydrogen (secondary N) is 1. The van der Waals surface area contributed by atoms with Crippen LogP contribution in [0.1, 0.15) is 264 Å². The number of hydrogen-bond donors (Lipinski definition) is 6. The van der Waals surface area contributed by atoms with Crippen molar-refractivity contribution in [2.24, 2.45) is 0 Å². The van der Waals surface area contributed by atoms with Crippen molar-refractivity contribution < 1.29 is 39.8 Å². The monoisotopic (exact) mass is 882 g/mol. The number of ether oxygens (including phenoxy) is 2. The molecule has 1 amide bonds. The number of amides is 1. The van der Waals surface area contributed by atoms with Crippen LogP contribution < -0.4 is 5.32 Å². The summed E-state index contributed by atoms with van der Waals surface area (Å²) >= 11 is 0. The summed E-state index contributed by atoms with van der Waals surface area (Å²) in [5.41, 5.74) is 0. The Morgan fingerprint density at radius 2 is 0.887 bits per heavy atom. The molecule has 0 aromatic carbocycles. The molecule has 7 unspecified atom stereocenters. The highest BCUT2D eigenvalue weighted by Crippen LogP contribution is 2.23. The van der Waals surface area contributed by atoms with E-state index in [0.29, 0.717) is 6.42 Å². The molecule has 0 spiro atoms.